The number of aromatic nitrogens is 3. The zero-order chi connectivity index (χ0) is 14.0. The van der Waals surface area contributed by atoms with Crippen molar-refractivity contribution >= 4 is 15.9 Å². The molecule has 0 saturated heterocycles. The lowest BCUT2D eigenvalue weighted by atomic mass is 10.3. The highest BCUT2D eigenvalue weighted by Crippen LogP contribution is 2.32. The number of nitrogens with two attached hydrogens (primary N) is 1. The molecule has 0 amide bonds. The minimum absolute atomic E-state index is 0.154. The van der Waals surface area contributed by atoms with E-state index in [4.69, 9.17) is 5.73 Å². The van der Waals surface area contributed by atoms with Gasteiger partial charge in [-0.15, -0.1) is 18.3 Å². The van der Waals surface area contributed by atoms with Gasteiger partial charge in [-0.25, -0.2) is 4.68 Å². The first-order valence-electron chi connectivity index (χ1n) is 5.06. The molecule has 0 saturated carbocycles. The fourth-order valence-corrected chi connectivity index (χ4v) is 1.89. The Hall–Kier alpha value is -1.61. The van der Waals surface area contributed by atoms with Crippen molar-refractivity contribution in [2.24, 2.45) is 5.73 Å². The molecule has 102 valence electrons. The number of alkyl halides is 3. The number of halogens is 4. The van der Waals surface area contributed by atoms with Crippen LogP contribution in [0.3, 0.4) is 0 Å². The lowest BCUT2D eigenvalue weighted by Gasteiger charge is -2.12. The smallest absolute Gasteiger partial charge is 0.405 e. The van der Waals surface area contributed by atoms with Crippen molar-refractivity contribution in [2.45, 2.75) is 12.9 Å². The number of ether oxygens (including phenoxy) is 1. The van der Waals surface area contributed by atoms with Crippen LogP contribution < -0.4 is 10.5 Å². The van der Waals surface area contributed by atoms with Gasteiger partial charge in [-0.3, -0.25) is 0 Å². The molecule has 2 N–H and O–H groups in total. The summed E-state index contributed by atoms with van der Waals surface area (Å²) in [6.45, 7) is 0.214. The summed E-state index contributed by atoms with van der Waals surface area (Å²) < 4.78 is 41.8. The molecule has 0 aliphatic heterocycles. The van der Waals surface area contributed by atoms with Crippen molar-refractivity contribution in [1.82, 2.24) is 15.0 Å². The Labute approximate surface area is 114 Å². The Bertz CT molecular complexity index is 584. The molecule has 0 aliphatic rings. The van der Waals surface area contributed by atoms with Gasteiger partial charge in [0.1, 0.15) is 5.75 Å². The van der Waals surface area contributed by atoms with E-state index in [-0.39, 0.29) is 16.8 Å². The molecule has 19 heavy (non-hydrogen) atoms. The molecule has 1 aromatic carbocycles. The van der Waals surface area contributed by atoms with Gasteiger partial charge < -0.3 is 10.5 Å². The lowest BCUT2D eigenvalue weighted by molar-refractivity contribution is -0.274. The van der Waals surface area contributed by atoms with Gasteiger partial charge in [0, 0.05) is 6.54 Å². The fourth-order valence-electron chi connectivity index (χ4n) is 1.44. The van der Waals surface area contributed by atoms with E-state index < -0.39 is 6.36 Å². The van der Waals surface area contributed by atoms with Crippen LogP contribution in [-0.2, 0) is 6.54 Å². The molecule has 0 bridgehead atoms. The number of rotatable bonds is 3. The first kappa shape index (κ1) is 13.8. The van der Waals surface area contributed by atoms with E-state index in [9.17, 15) is 13.2 Å². The summed E-state index contributed by atoms with van der Waals surface area (Å²) in [4.78, 5) is 0. The molecule has 9 heteroatoms. The highest BCUT2D eigenvalue weighted by molar-refractivity contribution is 9.10. The second-order valence-corrected chi connectivity index (χ2v) is 4.36. The first-order valence-corrected chi connectivity index (χ1v) is 5.85. The second kappa shape index (κ2) is 5.17. The minimum Gasteiger partial charge on any atom is -0.405 e. The van der Waals surface area contributed by atoms with Crippen LogP contribution in [0.15, 0.2) is 28.9 Å². The molecular formula is C10H8BrF3N4O. The SMILES string of the molecule is NCc1cnnn1-c1ccc(OC(F)(F)F)c(Br)c1. The zero-order valence-corrected chi connectivity index (χ0v) is 10.9. The van der Waals surface area contributed by atoms with Crippen molar-refractivity contribution in [3.63, 3.8) is 0 Å². The van der Waals surface area contributed by atoms with Crippen LogP contribution in [0.2, 0.25) is 0 Å². The summed E-state index contributed by atoms with van der Waals surface area (Å²) in [5.74, 6) is -0.328. The molecule has 0 radical (unpaired) electrons. The third kappa shape index (κ3) is 3.24. The average molecular weight is 337 g/mol. The highest BCUT2D eigenvalue weighted by atomic mass is 79.9. The van der Waals surface area contributed by atoms with Crippen LogP contribution in [0.25, 0.3) is 5.69 Å². The van der Waals surface area contributed by atoms with Gasteiger partial charge in [0.25, 0.3) is 0 Å². The molecular weight excluding hydrogens is 329 g/mol. The van der Waals surface area contributed by atoms with Gasteiger partial charge in [0.2, 0.25) is 0 Å². The Morgan fingerprint density at radius 2 is 2.11 bits per heavy atom. The maximum Gasteiger partial charge on any atom is 0.573 e. The molecule has 1 aromatic heterocycles. The topological polar surface area (TPSA) is 66.0 Å². The molecule has 0 fully saturated rings. The normalized spacial score (nSPS) is 11.6. The van der Waals surface area contributed by atoms with Crippen molar-refractivity contribution in [1.29, 1.82) is 0 Å². The van der Waals surface area contributed by atoms with Gasteiger partial charge in [0.05, 0.1) is 22.1 Å². The van der Waals surface area contributed by atoms with Gasteiger partial charge in [-0.05, 0) is 34.1 Å². The third-order valence-corrected chi connectivity index (χ3v) is 2.83. The summed E-state index contributed by atoms with van der Waals surface area (Å²) in [5.41, 5.74) is 6.66. The third-order valence-electron chi connectivity index (χ3n) is 2.21. The minimum atomic E-state index is -4.74. The van der Waals surface area contributed by atoms with E-state index in [1.807, 2.05) is 0 Å². The standard InChI is InChI=1S/C10H8BrF3N4O/c11-8-3-6(18-7(4-15)5-16-17-18)1-2-9(8)19-10(12,13)14/h1-3,5H,4,15H2. The Morgan fingerprint density at radius 1 is 1.37 bits per heavy atom. The van der Waals surface area contributed by atoms with Crippen molar-refractivity contribution in [2.75, 3.05) is 0 Å². The monoisotopic (exact) mass is 336 g/mol. The molecule has 0 aliphatic carbocycles. The summed E-state index contributed by atoms with van der Waals surface area (Å²) in [6.07, 6.45) is -3.26. The molecule has 5 nitrogen and oxygen atoms in total. The molecule has 2 rings (SSSR count). The van der Waals surface area contributed by atoms with Crippen LogP contribution in [0.1, 0.15) is 5.69 Å². The Morgan fingerprint density at radius 3 is 2.68 bits per heavy atom. The highest BCUT2D eigenvalue weighted by Gasteiger charge is 2.32. The van der Waals surface area contributed by atoms with Crippen LogP contribution in [-0.4, -0.2) is 21.4 Å². The fraction of sp³-hybridized carbons (Fsp3) is 0.200. The van der Waals surface area contributed by atoms with Crippen molar-refractivity contribution in [3.05, 3.63) is 34.6 Å². The van der Waals surface area contributed by atoms with E-state index in [1.165, 1.54) is 29.1 Å². The van der Waals surface area contributed by atoms with Crippen LogP contribution in [0.4, 0.5) is 13.2 Å². The zero-order valence-electron chi connectivity index (χ0n) is 9.36. The maximum absolute atomic E-state index is 12.1. The quantitative estimate of drug-likeness (QED) is 0.934. The van der Waals surface area contributed by atoms with Crippen molar-refractivity contribution < 1.29 is 17.9 Å². The maximum atomic E-state index is 12.1. The number of hydrogen-bond acceptors (Lipinski definition) is 4. The summed E-state index contributed by atoms with van der Waals surface area (Å²) in [5, 5.41) is 7.49. The Kier molecular flexibility index (Phi) is 3.76. The summed E-state index contributed by atoms with van der Waals surface area (Å²) in [6, 6.07) is 4.06. The Balaban J connectivity index is 2.34. The molecule has 2 aromatic rings. The number of nitrogens with zero attached hydrogens (tertiary/aromatic N) is 3. The average Bonchev–Trinajstić information content (AvgIpc) is 2.78. The van der Waals surface area contributed by atoms with E-state index in [0.717, 1.165) is 0 Å². The molecule has 0 unspecified atom stereocenters. The molecule has 0 spiro atoms. The predicted molar refractivity (Wildman–Crippen MR) is 63.6 cm³/mol. The second-order valence-electron chi connectivity index (χ2n) is 3.50. The van der Waals surface area contributed by atoms with Gasteiger partial charge in [-0.1, -0.05) is 5.21 Å². The molecule has 0 atom stereocenters. The summed E-state index contributed by atoms with van der Waals surface area (Å²) in [7, 11) is 0. The van der Waals surface area contributed by atoms with Crippen LogP contribution >= 0.6 is 15.9 Å². The first-order chi connectivity index (χ1) is 8.90. The number of hydrogen-bond donors (Lipinski definition) is 1. The van der Waals surface area contributed by atoms with Gasteiger partial charge >= 0.3 is 6.36 Å². The van der Waals surface area contributed by atoms with Crippen LogP contribution in [0, 0.1) is 0 Å². The van der Waals surface area contributed by atoms with E-state index in [0.29, 0.717) is 11.4 Å². The summed E-state index contributed by atoms with van der Waals surface area (Å²) >= 11 is 3.01. The van der Waals surface area contributed by atoms with Gasteiger partial charge in [0.15, 0.2) is 0 Å². The van der Waals surface area contributed by atoms with E-state index in [2.05, 4.69) is 31.0 Å². The largest absolute Gasteiger partial charge is 0.573 e. The predicted octanol–water partition coefficient (Wildman–Crippen LogP) is 2.39. The van der Waals surface area contributed by atoms with Gasteiger partial charge in [-0.2, -0.15) is 0 Å². The lowest BCUT2D eigenvalue weighted by Crippen LogP contribution is -2.17. The van der Waals surface area contributed by atoms with Crippen LogP contribution in [0.5, 0.6) is 5.75 Å². The molecule has 1 heterocycles. The van der Waals surface area contributed by atoms with E-state index >= 15 is 0 Å². The van der Waals surface area contributed by atoms with Crippen molar-refractivity contribution in [3.8, 4) is 11.4 Å². The van der Waals surface area contributed by atoms with E-state index in [1.54, 1.807) is 0 Å². The number of benzene rings is 1.